The van der Waals surface area contributed by atoms with Crippen LogP contribution in [-0.4, -0.2) is 19.6 Å². The van der Waals surface area contributed by atoms with E-state index in [0.29, 0.717) is 5.56 Å². The van der Waals surface area contributed by atoms with Gasteiger partial charge >= 0.3 is 0 Å². The molecular formula is C13H20FNO3S. The minimum absolute atomic E-state index is 0.152. The van der Waals surface area contributed by atoms with E-state index in [1.54, 1.807) is 6.92 Å². The van der Waals surface area contributed by atoms with E-state index >= 15 is 0 Å². The van der Waals surface area contributed by atoms with Gasteiger partial charge in [0.15, 0.2) is 0 Å². The van der Waals surface area contributed by atoms with Crippen LogP contribution in [0.15, 0.2) is 23.1 Å². The highest BCUT2D eigenvalue weighted by atomic mass is 32.2. The Kier molecular flexibility index (Phi) is 5.46. The molecule has 0 aliphatic rings. The number of hydrogen-bond acceptors (Lipinski definition) is 3. The lowest BCUT2D eigenvalue weighted by molar-refractivity contribution is 0.281. The maximum atomic E-state index is 13.6. The third-order valence-corrected chi connectivity index (χ3v) is 4.88. The fourth-order valence-corrected chi connectivity index (χ4v) is 3.11. The SMILES string of the molecule is CCC(C)C(C)NS(=O)(=O)c1cc(CO)ccc1F. The van der Waals surface area contributed by atoms with E-state index in [0.717, 1.165) is 18.6 Å². The molecule has 19 heavy (non-hydrogen) atoms. The number of sulfonamides is 1. The molecule has 0 fully saturated rings. The summed E-state index contributed by atoms with van der Waals surface area (Å²) in [5, 5.41) is 8.99. The van der Waals surface area contributed by atoms with Gasteiger partial charge in [0.2, 0.25) is 10.0 Å². The van der Waals surface area contributed by atoms with Crippen molar-refractivity contribution in [3.63, 3.8) is 0 Å². The second-order valence-corrected chi connectivity index (χ2v) is 6.40. The molecule has 0 spiro atoms. The Morgan fingerprint density at radius 2 is 2.00 bits per heavy atom. The molecule has 2 N–H and O–H groups in total. The molecule has 2 unspecified atom stereocenters. The van der Waals surface area contributed by atoms with Crippen molar-refractivity contribution in [3.8, 4) is 0 Å². The second kappa shape index (κ2) is 6.45. The van der Waals surface area contributed by atoms with Gasteiger partial charge in [-0.15, -0.1) is 0 Å². The second-order valence-electron chi connectivity index (χ2n) is 4.72. The molecule has 0 saturated carbocycles. The first-order chi connectivity index (χ1) is 8.81. The van der Waals surface area contributed by atoms with Gasteiger partial charge in [0.25, 0.3) is 0 Å². The molecule has 108 valence electrons. The molecule has 1 aromatic carbocycles. The summed E-state index contributed by atoms with van der Waals surface area (Å²) >= 11 is 0. The van der Waals surface area contributed by atoms with Crippen molar-refractivity contribution >= 4 is 10.0 Å². The van der Waals surface area contributed by atoms with Gasteiger partial charge in [0, 0.05) is 6.04 Å². The van der Waals surface area contributed by atoms with E-state index in [1.807, 2.05) is 13.8 Å². The molecule has 0 bridgehead atoms. The highest BCUT2D eigenvalue weighted by Gasteiger charge is 2.23. The molecule has 6 heteroatoms. The first-order valence-corrected chi connectivity index (χ1v) is 7.71. The Bertz CT molecular complexity index is 531. The summed E-state index contributed by atoms with van der Waals surface area (Å²) in [6.45, 7) is 5.30. The van der Waals surface area contributed by atoms with Crippen LogP contribution >= 0.6 is 0 Å². The molecule has 0 amide bonds. The van der Waals surface area contributed by atoms with E-state index in [9.17, 15) is 12.8 Å². The van der Waals surface area contributed by atoms with Crippen LogP contribution in [0.1, 0.15) is 32.8 Å². The number of hydrogen-bond donors (Lipinski definition) is 2. The summed E-state index contributed by atoms with van der Waals surface area (Å²) in [4.78, 5) is -0.422. The fourth-order valence-electron chi connectivity index (χ4n) is 1.63. The van der Waals surface area contributed by atoms with Crippen molar-refractivity contribution in [1.82, 2.24) is 4.72 Å². The number of halogens is 1. The minimum atomic E-state index is -3.91. The maximum Gasteiger partial charge on any atom is 0.243 e. The van der Waals surface area contributed by atoms with Crippen LogP contribution in [0.4, 0.5) is 4.39 Å². The zero-order valence-corrected chi connectivity index (χ0v) is 12.2. The molecule has 0 aliphatic heterocycles. The third-order valence-electron chi connectivity index (χ3n) is 3.31. The van der Waals surface area contributed by atoms with E-state index in [-0.39, 0.29) is 18.6 Å². The average molecular weight is 289 g/mol. The van der Waals surface area contributed by atoms with Gasteiger partial charge in [-0.1, -0.05) is 26.3 Å². The summed E-state index contributed by atoms with van der Waals surface area (Å²) in [5.74, 6) is -0.667. The van der Waals surface area contributed by atoms with Crippen molar-refractivity contribution < 1.29 is 17.9 Å². The lowest BCUT2D eigenvalue weighted by Crippen LogP contribution is -2.37. The first-order valence-electron chi connectivity index (χ1n) is 6.23. The number of nitrogens with one attached hydrogen (secondary N) is 1. The molecule has 0 aliphatic carbocycles. The zero-order chi connectivity index (χ0) is 14.6. The Morgan fingerprint density at radius 3 is 2.53 bits per heavy atom. The van der Waals surface area contributed by atoms with Gasteiger partial charge in [-0.25, -0.2) is 17.5 Å². The highest BCUT2D eigenvalue weighted by molar-refractivity contribution is 7.89. The molecule has 0 radical (unpaired) electrons. The predicted octanol–water partition coefficient (Wildman–Crippen LogP) is 2.03. The Labute approximate surface area is 113 Å². The van der Waals surface area contributed by atoms with Gasteiger partial charge in [0.05, 0.1) is 6.61 Å². The van der Waals surface area contributed by atoms with Crippen molar-refractivity contribution in [2.75, 3.05) is 0 Å². The predicted molar refractivity (Wildman–Crippen MR) is 71.6 cm³/mol. The Hall–Kier alpha value is -0.980. The molecule has 2 atom stereocenters. The van der Waals surface area contributed by atoms with Crippen molar-refractivity contribution in [1.29, 1.82) is 0 Å². The topological polar surface area (TPSA) is 66.4 Å². The van der Waals surface area contributed by atoms with E-state index in [1.165, 1.54) is 6.07 Å². The Morgan fingerprint density at radius 1 is 1.37 bits per heavy atom. The summed E-state index contributed by atoms with van der Waals surface area (Å²) in [5.41, 5.74) is 0.359. The summed E-state index contributed by atoms with van der Waals surface area (Å²) < 4.78 is 40.3. The zero-order valence-electron chi connectivity index (χ0n) is 11.4. The van der Waals surface area contributed by atoms with Crippen LogP contribution in [0.3, 0.4) is 0 Å². The van der Waals surface area contributed by atoms with Gasteiger partial charge < -0.3 is 5.11 Å². The van der Waals surface area contributed by atoms with Gasteiger partial charge in [-0.05, 0) is 30.5 Å². The molecule has 0 saturated heterocycles. The van der Waals surface area contributed by atoms with E-state index in [2.05, 4.69) is 4.72 Å². The van der Waals surface area contributed by atoms with Gasteiger partial charge in [0.1, 0.15) is 10.7 Å². The molecular weight excluding hydrogens is 269 g/mol. The van der Waals surface area contributed by atoms with Crippen LogP contribution in [0.5, 0.6) is 0 Å². The van der Waals surface area contributed by atoms with Crippen molar-refractivity contribution in [2.45, 2.75) is 44.7 Å². The van der Waals surface area contributed by atoms with E-state index < -0.39 is 20.7 Å². The van der Waals surface area contributed by atoms with Crippen molar-refractivity contribution in [2.24, 2.45) is 5.92 Å². The normalized spacial score (nSPS) is 15.2. The monoisotopic (exact) mass is 289 g/mol. The fraction of sp³-hybridized carbons (Fsp3) is 0.538. The summed E-state index contributed by atoms with van der Waals surface area (Å²) in [7, 11) is -3.91. The molecule has 4 nitrogen and oxygen atoms in total. The average Bonchev–Trinajstić information content (AvgIpc) is 2.37. The van der Waals surface area contributed by atoms with Crippen LogP contribution in [0.2, 0.25) is 0 Å². The third kappa shape index (κ3) is 3.99. The number of rotatable bonds is 6. The van der Waals surface area contributed by atoms with Crippen molar-refractivity contribution in [3.05, 3.63) is 29.6 Å². The lowest BCUT2D eigenvalue weighted by atomic mass is 10.0. The number of aliphatic hydroxyl groups is 1. The first kappa shape index (κ1) is 16.1. The quantitative estimate of drug-likeness (QED) is 0.842. The molecule has 0 heterocycles. The summed E-state index contributed by atoms with van der Waals surface area (Å²) in [6, 6.07) is 3.27. The molecule has 1 rings (SSSR count). The number of benzene rings is 1. The maximum absolute atomic E-state index is 13.6. The van der Waals surface area contributed by atoms with Gasteiger partial charge in [-0.3, -0.25) is 0 Å². The lowest BCUT2D eigenvalue weighted by Gasteiger charge is -2.20. The smallest absolute Gasteiger partial charge is 0.243 e. The number of aliphatic hydroxyl groups excluding tert-OH is 1. The van der Waals surface area contributed by atoms with Crippen LogP contribution in [0.25, 0.3) is 0 Å². The standard InChI is InChI=1S/C13H20FNO3S/c1-4-9(2)10(3)15-19(17,18)13-7-11(8-16)5-6-12(13)14/h5-7,9-10,15-16H,4,8H2,1-3H3. The minimum Gasteiger partial charge on any atom is -0.392 e. The molecule has 1 aromatic rings. The molecule has 0 aromatic heterocycles. The van der Waals surface area contributed by atoms with Crippen LogP contribution in [0, 0.1) is 11.7 Å². The van der Waals surface area contributed by atoms with Gasteiger partial charge in [-0.2, -0.15) is 0 Å². The van der Waals surface area contributed by atoms with E-state index in [4.69, 9.17) is 5.11 Å². The highest BCUT2D eigenvalue weighted by Crippen LogP contribution is 2.18. The van der Waals surface area contributed by atoms with Crippen LogP contribution in [-0.2, 0) is 16.6 Å². The van der Waals surface area contributed by atoms with Crippen LogP contribution < -0.4 is 4.72 Å². The Balaban J connectivity index is 3.06. The summed E-state index contributed by atoms with van der Waals surface area (Å²) in [6.07, 6.45) is 0.822. The largest absolute Gasteiger partial charge is 0.392 e.